The first-order valence-electron chi connectivity index (χ1n) is 6.79. The summed E-state index contributed by atoms with van der Waals surface area (Å²) in [5.74, 6) is -0.141. The SMILES string of the molecule is CC(C)N1Cc2ccc(NC(=O)c3cn[nH]c3)cc2C1. The van der Waals surface area contributed by atoms with Crippen LogP contribution in [0.5, 0.6) is 0 Å². The van der Waals surface area contributed by atoms with Crippen LogP contribution < -0.4 is 5.32 Å². The molecule has 2 heterocycles. The molecule has 3 rings (SSSR count). The van der Waals surface area contributed by atoms with Crippen molar-refractivity contribution < 1.29 is 4.79 Å². The third-order valence-electron chi connectivity index (χ3n) is 3.70. The molecule has 0 saturated carbocycles. The van der Waals surface area contributed by atoms with Gasteiger partial charge in [-0.25, -0.2) is 0 Å². The maximum atomic E-state index is 12.0. The van der Waals surface area contributed by atoms with Crippen molar-refractivity contribution in [3.05, 3.63) is 47.3 Å². The number of amides is 1. The van der Waals surface area contributed by atoms with Gasteiger partial charge in [-0.15, -0.1) is 0 Å². The normalized spacial score (nSPS) is 14.6. The highest BCUT2D eigenvalue weighted by Gasteiger charge is 2.21. The fourth-order valence-corrected chi connectivity index (χ4v) is 2.44. The maximum Gasteiger partial charge on any atom is 0.258 e. The van der Waals surface area contributed by atoms with Gasteiger partial charge in [-0.05, 0) is 37.1 Å². The molecule has 0 aliphatic carbocycles. The zero-order valence-corrected chi connectivity index (χ0v) is 11.7. The van der Waals surface area contributed by atoms with Gasteiger partial charge in [-0.3, -0.25) is 14.8 Å². The molecule has 0 spiro atoms. The monoisotopic (exact) mass is 270 g/mol. The fourth-order valence-electron chi connectivity index (χ4n) is 2.44. The number of aromatic amines is 1. The topological polar surface area (TPSA) is 61.0 Å². The van der Waals surface area contributed by atoms with Crippen LogP contribution in [0.4, 0.5) is 5.69 Å². The number of nitrogens with zero attached hydrogens (tertiary/aromatic N) is 2. The Morgan fingerprint density at radius 1 is 1.35 bits per heavy atom. The first kappa shape index (κ1) is 12.9. The van der Waals surface area contributed by atoms with Gasteiger partial charge < -0.3 is 5.32 Å². The van der Waals surface area contributed by atoms with Crippen LogP contribution in [0.25, 0.3) is 0 Å². The standard InChI is InChI=1S/C15H18N4O/c1-10(2)19-8-11-3-4-14(5-12(11)9-19)18-15(20)13-6-16-17-7-13/h3-7,10H,8-9H2,1-2H3,(H,16,17)(H,18,20). The number of carbonyl (C=O) groups is 1. The summed E-state index contributed by atoms with van der Waals surface area (Å²) < 4.78 is 0. The Bertz CT molecular complexity index is 619. The van der Waals surface area contributed by atoms with Crippen LogP contribution in [0.15, 0.2) is 30.6 Å². The summed E-state index contributed by atoms with van der Waals surface area (Å²) in [5, 5.41) is 9.32. The molecule has 1 amide bonds. The van der Waals surface area contributed by atoms with Crippen molar-refractivity contribution in [1.29, 1.82) is 0 Å². The van der Waals surface area contributed by atoms with E-state index in [2.05, 4.69) is 46.4 Å². The molecule has 1 aromatic carbocycles. The van der Waals surface area contributed by atoms with E-state index in [9.17, 15) is 4.79 Å². The number of hydrogen-bond acceptors (Lipinski definition) is 3. The minimum Gasteiger partial charge on any atom is -0.322 e. The van der Waals surface area contributed by atoms with E-state index < -0.39 is 0 Å². The van der Waals surface area contributed by atoms with Gasteiger partial charge in [0, 0.05) is 31.0 Å². The van der Waals surface area contributed by atoms with Crippen LogP contribution in [0.1, 0.15) is 35.3 Å². The fraction of sp³-hybridized carbons (Fsp3) is 0.333. The van der Waals surface area contributed by atoms with Crippen molar-refractivity contribution in [3.63, 3.8) is 0 Å². The molecule has 1 aliphatic heterocycles. The lowest BCUT2D eigenvalue weighted by Gasteiger charge is -2.18. The Kier molecular flexibility index (Phi) is 3.28. The molecule has 5 heteroatoms. The highest BCUT2D eigenvalue weighted by Crippen LogP contribution is 2.27. The zero-order valence-electron chi connectivity index (χ0n) is 11.7. The molecule has 0 unspecified atom stereocenters. The second-order valence-corrected chi connectivity index (χ2v) is 5.42. The molecule has 0 atom stereocenters. The van der Waals surface area contributed by atoms with E-state index in [0.29, 0.717) is 11.6 Å². The minimum absolute atomic E-state index is 0.141. The van der Waals surface area contributed by atoms with Crippen LogP contribution in [-0.2, 0) is 13.1 Å². The number of anilines is 1. The van der Waals surface area contributed by atoms with Gasteiger partial charge in [0.1, 0.15) is 0 Å². The number of benzene rings is 1. The largest absolute Gasteiger partial charge is 0.322 e. The van der Waals surface area contributed by atoms with E-state index in [4.69, 9.17) is 0 Å². The van der Waals surface area contributed by atoms with Crippen molar-refractivity contribution in [2.75, 3.05) is 5.32 Å². The highest BCUT2D eigenvalue weighted by atomic mass is 16.1. The van der Waals surface area contributed by atoms with Crippen molar-refractivity contribution in [1.82, 2.24) is 15.1 Å². The molecule has 2 N–H and O–H groups in total. The Hall–Kier alpha value is -2.14. The third kappa shape index (κ3) is 2.44. The number of carbonyl (C=O) groups excluding carboxylic acids is 1. The summed E-state index contributed by atoms with van der Waals surface area (Å²) in [6, 6.07) is 6.66. The number of fused-ring (bicyclic) bond motifs is 1. The van der Waals surface area contributed by atoms with E-state index in [1.807, 2.05) is 6.07 Å². The third-order valence-corrected chi connectivity index (χ3v) is 3.70. The van der Waals surface area contributed by atoms with Crippen molar-refractivity contribution >= 4 is 11.6 Å². The van der Waals surface area contributed by atoms with E-state index >= 15 is 0 Å². The van der Waals surface area contributed by atoms with Crippen LogP contribution in [0.2, 0.25) is 0 Å². The van der Waals surface area contributed by atoms with Gasteiger partial charge in [0.05, 0.1) is 11.8 Å². The summed E-state index contributed by atoms with van der Waals surface area (Å²) in [5.41, 5.74) is 4.01. The molecule has 5 nitrogen and oxygen atoms in total. The van der Waals surface area contributed by atoms with Crippen molar-refractivity contribution in [2.45, 2.75) is 33.0 Å². The molecule has 0 fully saturated rings. The second kappa shape index (κ2) is 5.09. The summed E-state index contributed by atoms with van der Waals surface area (Å²) >= 11 is 0. The molecule has 0 saturated heterocycles. The first-order valence-corrected chi connectivity index (χ1v) is 6.79. The van der Waals surface area contributed by atoms with Gasteiger partial charge in [0.25, 0.3) is 5.91 Å². The van der Waals surface area contributed by atoms with Crippen LogP contribution in [0.3, 0.4) is 0 Å². The Morgan fingerprint density at radius 2 is 2.15 bits per heavy atom. The number of H-pyrrole nitrogens is 1. The molecule has 1 aromatic heterocycles. The molecule has 0 radical (unpaired) electrons. The first-order chi connectivity index (χ1) is 9.63. The molecular formula is C15H18N4O. The van der Waals surface area contributed by atoms with E-state index in [1.165, 1.54) is 17.3 Å². The highest BCUT2D eigenvalue weighted by molar-refractivity contribution is 6.03. The molecular weight excluding hydrogens is 252 g/mol. The van der Waals surface area contributed by atoms with E-state index in [-0.39, 0.29) is 5.91 Å². The predicted octanol–water partition coefficient (Wildman–Crippen LogP) is 2.39. The molecule has 104 valence electrons. The summed E-state index contributed by atoms with van der Waals surface area (Å²) in [6.45, 7) is 6.34. The summed E-state index contributed by atoms with van der Waals surface area (Å²) in [4.78, 5) is 14.4. The lowest BCUT2D eigenvalue weighted by molar-refractivity contribution is 0.102. The summed E-state index contributed by atoms with van der Waals surface area (Å²) in [6.07, 6.45) is 3.10. The van der Waals surface area contributed by atoms with Crippen molar-refractivity contribution in [2.24, 2.45) is 0 Å². The van der Waals surface area contributed by atoms with Crippen LogP contribution in [0, 0.1) is 0 Å². The lowest BCUT2D eigenvalue weighted by Crippen LogP contribution is -2.24. The van der Waals surface area contributed by atoms with E-state index in [1.54, 1.807) is 6.20 Å². The zero-order chi connectivity index (χ0) is 14.1. The number of nitrogens with one attached hydrogen (secondary N) is 2. The van der Waals surface area contributed by atoms with Crippen LogP contribution in [-0.4, -0.2) is 27.0 Å². The quantitative estimate of drug-likeness (QED) is 0.900. The van der Waals surface area contributed by atoms with Gasteiger partial charge in [0.15, 0.2) is 0 Å². The lowest BCUT2D eigenvalue weighted by atomic mass is 10.1. The van der Waals surface area contributed by atoms with Crippen molar-refractivity contribution in [3.8, 4) is 0 Å². The molecule has 2 aromatic rings. The summed E-state index contributed by atoms with van der Waals surface area (Å²) in [7, 11) is 0. The Balaban J connectivity index is 1.75. The minimum atomic E-state index is -0.141. The average Bonchev–Trinajstić information content (AvgIpc) is 3.07. The maximum absolute atomic E-state index is 12.0. The molecule has 20 heavy (non-hydrogen) atoms. The smallest absolute Gasteiger partial charge is 0.258 e. The Morgan fingerprint density at radius 3 is 2.85 bits per heavy atom. The molecule has 1 aliphatic rings. The number of aromatic nitrogens is 2. The van der Waals surface area contributed by atoms with Gasteiger partial charge in [-0.1, -0.05) is 6.07 Å². The van der Waals surface area contributed by atoms with Crippen LogP contribution >= 0.6 is 0 Å². The van der Waals surface area contributed by atoms with E-state index in [0.717, 1.165) is 18.8 Å². The Labute approximate surface area is 118 Å². The van der Waals surface area contributed by atoms with Gasteiger partial charge in [0.2, 0.25) is 0 Å². The average molecular weight is 270 g/mol. The van der Waals surface area contributed by atoms with Gasteiger partial charge in [-0.2, -0.15) is 5.10 Å². The number of hydrogen-bond donors (Lipinski definition) is 2. The second-order valence-electron chi connectivity index (χ2n) is 5.42. The van der Waals surface area contributed by atoms with Gasteiger partial charge >= 0.3 is 0 Å². The molecule has 0 bridgehead atoms. The predicted molar refractivity (Wildman–Crippen MR) is 77.4 cm³/mol. The number of rotatable bonds is 3.